The van der Waals surface area contributed by atoms with Crippen LogP contribution in [0.2, 0.25) is 23.2 Å². The molecule has 0 spiro atoms. The number of ether oxygens (including phenoxy) is 1. The molecule has 0 radical (unpaired) electrons. The van der Waals surface area contributed by atoms with Crippen LogP contribution >= 0.6 is 27.5 Å². The molecular weight excluding hydrogens is 384 g/mol. The summed E-state index contributed by atoms with van der Waals surface area (Å²) in [6, 6.07) is 3.68. The fourth-order valence-electron chi connectivity index (χ4n) is 1.50. The van der Waals surface area contributed by atoms with E-state index in [1.165, 1.54) is 0 Å². The fourth-order valence-corrected chi connectivity index (χ4v) is 3.21. The molecule has 0 fully saturated rings. The minimum atomic E-state index is -1.85. The maximum absolute atomic E-state index is 10.1. The lowest BCUT2D eigenvalue weighted by Gasteiger charge is -2.36. The predicted octanol–water partition coefficient (Wildman–Crippen LogP) is 5.17. The van der Waals surface area contributed by atoms with E-state index in [9.17, 15) is 5.11 Å². The second-order valence-corrected chi connectivity index (χ2v) is 13.1. The van der Waals surface area contributed by atoms with Crippen LogP contribution < -0.4 is 4.74 Å². The van der Waals surface area contributed by atoms with E-state index >= 15 is 0 Å². The molecule has 1 rings (SSSR count). The summed E-state index contributed by atoms with van der Waals surface area (Å²) in [4.78, 5) is 0. The number of aliphatic hydroxyl groups excluding tert-OH is 1. The molecule has 0 aliphatic rings. The van der Waals surface area contributed by atoms with Crippen LogP contribution in [0.1, 0.15) is 26.3 Å². The van der Waals surface area contributed by atoms with E-state index in [1.807, 2.05) is 13.0 Å². The average molecular weight is 410 g/mol. The van der Waals surface area contributed by atoms with Gasteiger partial charge in [0.25, 0.3) is 0 Å². The topological polar surface area (TPSA) is 38.7 Å². The van der Waals surface area contributed by atoms with Gasteiger partial charge in [0.05, 0.1) is 11.6 Å². The van der Waals surface area contributed by atoms with Gasteiger partial charge < -0.3 is 14.3 Å². The summed E-state index contributed by atoms with van der Waals surface area (Å²) in [7, 11) is -1.85. The molecule has 0 aromatic heterocycles. The Balaban J connectivity index is 2.54. The van der Waals surface area contributed by atoms with Crippen LogP contribution in [0.5, 0.6) is 5.75 Å². The van der Waals surface area contributed by atoms with Crippen LogP contribution in [0, 0.1) is 6.92 Å². The number of hydrogen-bond donors (Lipinski definition) is 1. The predicted molar refractivity (Wildman–Crippen MR) is 98.5 cm³/mol. The molecule has 0 saturated carbocycles. The summed E-state index contributed by atoms with van der Waals surface area (Å²) < 4.78 is 12.5. The van der Waals surface area contributed by atoms with Crippen molar-refractivity contribution in [2.75, 3.05) is 13.2 Å². The largest absolute Gasteiger partial charge is 0.489 e. The molecular formula is C16H26BrClO3Si. The molecule has 1 unspecified atom stereocenters. The molecule has 1 atom stereocenters. The molecule has 6 heteroatoms. The number of rotatable bonds is 6. The van der Waals surface area contributed by atoms with Gasteiger partial charge in [-0.15, -0.1) is 0 Å². The van der Waals surface area contributed by atoms with Gasteiger partial charge in [-0.05, 0) is 42.8 Å². The van der Waals surface area contributed by atoms with Crippen molar-refractivity contribution >= 4 is 35.8 Å². The molecule has 3 nitrogen and oxygen atoms in total. The monoisotopic (exact) mass is 408 g/mol. The van der Waals surface area contributed by atoms with Gasteiger partial charge in [0.1, 0.15) is 18.5 Å². The summed E-state index contributed by atoms with van der Waals surface area (Å²) in [6.45, 7) is 13.2. The van der Waals surface area contributed by atoms with Crippen LogP contribution in [-0.2, 0) is 4.43 Å². The normalized spacial score (nSPS) is 14.0. The van der Waals surface area contributed by atoms with E-state index in [4.69, 9.17) is 20.8 Å². The molecule has 126 valence electrons. The second-order valence-electron chi connectivity index (χ2n) is 7.02. The molecule has 0 amide bonds. The first kappa shape index (κ1) is 20.0. The summed E-state index contributed by atoms with van der Waals surface area (Å²) in [6.07, 6.45) is -0.672. The van der Waals surface area contributed by atoms with E-state index in [1.54, 1.807) is 6.07 Å². The van der Waals surface area contributed by atoms with Gasteiger partial charge in [-0.1, -0.05) is 48.3 Å². The van der Waals surface area contributed by atoms with E-state index < -0.39 is 14.4 Å². The molecule has 1 N–H and O–H groups in total. The zero-order valence-corrected chi connectivity index (χ0v) is 17.5. The highest BCUT2D eigenvalue weighted by atomic mass is 79.9. The second kappa shape index (κ2) is 7.66. The molecule has 0 aliphatic heterocycles. The molecule has 0 saturated heterocycles. The van der Waals surface area contributed by atoms with Crippen LogP contribution in [0.25, 0.3) is 0 Å². The van der Waals surface area contributed by atoms with Gasteiger partial charge in [0, 0.05) is 4.47 Å². The highest BCUT2D eigenvalue weighted by Gasteiger charge is 2.37. The first-order valence-corrected chi connectivity index (χ1v) is 11.4. The minimum Gasteiger partial charge on any atom is -0.489 e. The SMILES string of the molecule is Cc1c(Br)ccc(OCC(O)CO[Si](C)(C)C(C)(C)C)c1Cl. The summed E-state index contributed by atoms with van der Waals surface area (Å²) in [5.41, 5.74) is 0.922. The Morgan fingerprint density at radius 2 is 1.86 bits per heavy atom. The lowest BCUT2D eigenvalue weighted by atomic mass is 10.2. The third kappa shape index (κ3) is 5.23. The van der Waals surface area contributed by atoms with Crippen LogP contribution in [0.3, 0.4) is 0 Å². The Hall–Kier alpha value is -0.0731. The van der Waals surface area contributed by atoms with E-state index in [2.05, 4.69) is 49.8 Å². The van der Waals surface area contributed by atoms with Gasteiger partial charge in [-0.25, -0.2) is 0 Å². The van der Waals surface area contributed by atoms with Gasteiger partial charge in [-0.3, -0.25) is 0 Å². The zero-order valence-electron chi connectivity index (χ0n) is 14.2. The third-order valence-electron chi connectivity index (χ3n) is 4.16. The molecule has 1 aromatic carbocycles. The minimum absolute atomic E-state index is 0.125. The fraction of sp³-hybridized carbons (Fsp3) is 0.625. The zero-order chi connectivity index (χ0) is 17.1. The summed E-state index contributed by atoms with van der Waals surface area (Å²) in [5, 5.41) is 10.8. The van der Waals surface area contributed by atoms with Gasteiger partial charge in [0.2, 0.25) is 0 Å². The quantitative estimate of drug-likeness (QED) is 0.658. The van der Waals surface area contributed by atoms with Crippen molar-refractivity contribution in [3.8, 4) is 5.75 Å². The lowest BCUT2D eigenvalue weighted by molar-refractivity contribution is 0.0576. The van der Waals surface area contributed by atoms with Crippen LogP contribution in [0.4, 0.5) is 0 Å². The van der Waals surface area contributed by atoms with E-state index in [-0.39, 0.29) is 18.3 Å². The van der Waals surface area contributed by atoms with Gasteiger partial charge >= 0.3 is 0 Å². The Kier molecular flexibility index (Phi) is 6.96. The van der Waals surface area contributed by atoms with Crippen molar-refractivity contribution in [3.05, 3.63) is 27.2 Å². The molecule has 0 heterocycles. The Bertz CT molecular complexity index is 515. The highest BCUT2D eigenvalue weighted by Crippen LogP contribution is 2.36. The standard InChI is InChI=1S/C16H26BrClO3Si/c1-11-13(17)7-8-14(15(11)18)20-9-12(19)10-21-22(5,6)16(2,3)4/h7-8,12,19H,9-10H2,1-6H3. The van der Waals surface area contributed by atoms with Crippen molar-refractivity contribution in [3.63, 3.8) is 0 Å². The number of hydrogen-bond acceptors (Lipinski definition) is 3. The van der Waals surface area contributed by atoms with E-state index in [0.29, 0.717) is 10.8 Å². The third-order valence-corrected chi connectivity index (χ3v) is 9.99. The van der Waals surface area contributed by atoms with Crippen molar-refractivity contribution in [1.82, 2.24) is 0 Å². The summed E-state index contributed by atoms with van der Waals surface area (Å²) >= 11 is 9.65. The Morgan fingerprint density at radius 1 is 1.27 bits per heavy atom. The Morgan fingerprint density at radius 3 is 2.41 bits per heavy atom. The van der Waals surface area contributed by atoms with Crippen molar-refractivity contribution in [2.45, 2.75) is 51.9 Å². The number of aliphatic hydroxyl groups is 1. The maximum atomic E-state index is 10.1. The van der Waals surface area contributed by atoms with Crippen molar-refractivity contribution < 1.29 is 14.3 Å². The van der Waals surface area contributed by atoms with Crippen LogP contribution in [0.15, 0.2) is 16.6 Å². The maximum Gasteiger partial charge on any atom is 0.192 e. The molecule has 22 heavy (non-hydrogen) atoms. The molecule has 1 aromatic rings. The average Bonchev–Trinajstić information content (AvgIpc) is 2.40. The van der Waals surface area contributed by atoms with Crippen molar-refractivity contribution in [2.24, 2.45) is 0 Å². The first-order chi connectivity index (χ1) is 9.95. The summed E-state index contributed by atoms with van der Waals surface area (Å²) in [5.74, 6) is 0.578. The smallest absolute Gasteiger partial charge is 0.192 e. The lowest BCUT2D eigenvalue weighted by Crippen LogP contribution is -2.43. The first-order valence-electron chi connectivity index (χ1n) is 7.35. The van der Waals surface area contributed by atoms with Gasteiger partial charge in [-0.2, -0.15) is 0 Å². The number of benzene rings is 1. The Labute approximate surface area is 148 Å². The molecule has 0 aliphatic carbocycles. The van der Waals surface area contributed by atoms with Gasteiger partial charge in [0.15, 0.2) is 8.32 Å². The van der Waals surface area contributed by atoms with Crippen molar-refractivity contribution in [1.29, 1.82) is 0 Å². The van der Waals surface area contributed by atoms with E-state index in [0.717, 1.165) is 10.0 Å². The highest BCUT2D eigenvalue weighted by molar-refractivity contribution is 9.10. The van der Waals surface area contributed by atoms with Crippen LogP contribution in [-0.4, -0.2) is 32.7 Å². The molecule has 0 bridgehead atoms. The number of halogens is 2.